The number of carbonyl (C=O) groups is 1. The molecule has 0 bridgehead atoms. The molecule has 9 heteroatoms. The zero-order chi connectivity index (χ0) is 19.2. The number of hydrogen-bond donors (Lipinski definition) is 2. The second-order valence-corrected chi connectivity index (χ2v) is 7.96. The maximum Gasteiger partial charge on any atom is 0.251 e. The van der Waals surface area contributed by atoms with Crippen molar-refractivity contribution in [2.75, 3.05) is 33.6 Å². The molecule has 0 aromatic heterocycles. The fourth-order valence-corrected chi connectivity index (χ4v) is 4.20. The standard InChI is InChI=1S/C17H26N2O6S/c1-23-14-10-12(11-15(24-2)16(14)25-3)17(20)18-8-9-26(21,22)19-13-6-4-5-7-13/h10-11,13,19H,4-9H2,1-3H3,(H,18,20). The first kappa shape index (κ1) is 20.3. The predicted molar refractivity (Wildman–Crippen MR) is 97.6 cm³/mol. The van der Waals surface area contributed by atoms with E-state index in [1.165, 1.54) is 33.5 Å². The van der Waals surface area contributed by atoms with Crippen molar-refractivity contribution in [2.24, 2.45) is 0 Å². The molecule has 1 aliphatic rings. The molecule has 0 unspecified atom stereocenters. The van der Waals surface area contributed by atoms with Crippen LogP contribution in [0.5, 0.6) is 17.2 Å². The van der Waals surface area contributed by atoms with Crippen LogP contribution in [0.3, 0.4) is 0 Å². The first-order valence-corrected chi connectivity index (χ1v) is 10.1. The molecule has 26 heavy (non-hydrogen) atoms. The Bertz CT molecular complexity index is 704. The lowest BCUT2D eigenvalue weighted by molar-refractivity contribution is 0.0955. The average molecular weight is 386 g/mol. The number of ether oxygens (including phenoxy) is 3. The molecule has 2 rings (SSSR count). The number of carbonyl (C=O) groups excluding carboxylic acids is 1. The summed E-state index contributed by atoms with van der Waals surface area (Å²) in [6.07, 6.45) is 3.84. The Morgan fingerprint density at radius 3 is 2.15 bits per heavy atom. The van der Waals surface area contributed by atoms with Crippen molar-refractivity contribution in [3.05, 3.63) is 17.7 Å². The lowest BCUT2D eigenvalue weighted by atomic mass is 10.1. The highest BCUT2D eigenvalue weighted by Crippen LogP contribution is 2.38. The monoisotopic (exact) mass is 386 g/mol. The van der Waals surface area contributed by atoms with Crippen LogP contribution in [0.2, 0.25) is 0 Å². The summed E-state index contributed by atoms with van der Waals surface area (Å²) in [5.41, 5.74) is 0.292. The summed E-state index contributed by atoms with van der Waals surface area (Å²) in [6, 6.07) is 3.05. The van der Waals surface area contributed by atoms with E-state index in [-0.39, 0.29) is 18.3 Å². The molecule has 0 aliphatic heterocycles. The van der Waals surface area contributed by atoms with Crippen molar-refractivity contribution in [2.45, 2.75) is 31.7 Å². The normalized spacial score (nSPS) is 14.9. The molecule has 2 N–H and O–H groups in total. The molecule has 0 radical (unpaired) electrons. The summed E-state index contributed by atoms with van der Waals surface area (Å²) in [6.45, 7) is 0.0115. The summed E-state index contributed by atoms with van der Waals surface area (Å²) in [4.78, 5) is 12.3. The van der Waals surface area contributed by atoms with Gasteiger partial charge >= 0.3 is 0 Å². The minimum atomic E-state index is -3.41. The van der Waals surface area contributed by atoms with Crippen LogP contribution in [-0.2, 0) is 10.0 Å². The van der Waals surface area contributed by atoms with Gasteiger partial charge < -0.3 is 19.5 Å². The van der Waals surface area contributed by atoms with E-state index in [1.54, 1.807) is 0 Å². The summed E-state index contributed by atoms with van der Waals surface area (Å²) >= 11 is 0. The van der Waals surface area contributed by atoms with E-state index in [1.807, 2.05) is 0 Å². The van der Waals surface area contributed by atoms with Gasteiger partial charge in [-0.1, -0.05) is 12.8 Å². The van der Waals surface area contributed by atoms with Gasteiger partial charge in [0.25, 0.3) is 5.91 Å². The third-order valence-corrected chi connectivity index (χ3v) is 5.72. The van der Waals surface area contributed by atoms with Crippen LogP contribution in [0.1, 0.15) is 36.0 Å². The van der Waals surface area contributed by atoms with E-state index in [2.05, 4.69) is 10.0 Å². The van der Waals surface area contributed by atoms with Gasteiger partial charge in [-0.25, -0.2) is 13.1 Å². The van der Waals surface area contributed by atoms with Crippen molar-refractivity contribution in [1.29, 1.82) is 0 Å². The fraction of sp³-hybridized carbons (Fsp3) is 0.588. The summed E-state index contributed by atoms with van der Waals surface area (Å²) in [7, 11) is 0.978. The predicted octanol–water partition coefficient (Wildman–Crippen LogP) is 1.30. The highest BCUT2D eigenvalue weighted by atomic mass is 32.2. The van der Waals surface area contributed by atoms with Gasteiger partial charge in [0, 0.05) is 18.2 Å². The maximum atomic E-state index is 12.3. The molecule has 1 fully saturated rings. The molecule has 1 saturated carbocycles. The number of hydrogen-bond acceptors (Lipinski definition) is 6. The van der Waals surface area contributed by atoms with Crippen molar-refractivity contribution >= 4 is 15.9 Å². The van der Waals surface area contributed by atoms with Crippen molar-refractivity contribution in [1.82, 2.24) is 10.0 Å². The molecular weight excluding hydrogens is 360 g/mol. The molecule has 146 valence electrons. The van der Waals surface area contributed by atoms with Crippen LogP contribution in [0, 0.1) is 0 Å². The van der Waals surface area contributed by atoms with E-state index >= 15 is 0 Å². The van der Waals surface area contributed by atoms with Crippen LogP contribution >= 0.6 is 0 Å². The van der Waals surface area contributed by atoms with Gasteiger partial charge in [-0.2, -0.15) is 0 Å². The molecule has 0 atom stereocenters. The Labute approximate surface area is 154 Å². The van der Waals surface area contributed by atoms with Crippen molar-refractivity contribution in [3.63, 3.8) is 0 Å². The van der Waals surface area contributed by atoms with Gasteiger partial charge in [0.15, 0.2) is 11.5 Å². The largest absolute Gasteiger partial charge is 0.493 e. The zero-order valence-corrected chi connectivity index (χ0v) is 16.1. The number of benzene rings is 1. The molecular formula is C17H26N2O6S. The minimum absolute atomic E-state index is 0.0115. The first-order valence-electron chi connectivity index (χ1n) is 8.48. The van der Waals surface area contributed by atoms with Gasteiger partial charge in [0.05, 0.1) is 27.1 Å². The van der Waals surface area contributed by atoms with Crippen molar-refractivity contribution in [3.8, 4) is 17.2 Å². The SMILES string of the molecule is COc1cc(C(=O)NCCS(=O)(=O)NC2CCCC2)cc(OC)c1OC. The van der Waals surface area contributed by atoms with E-state index in [0.29, 0.717) is 22.8 Å². The Morgan fingerprint density at radius 1 is 1.08 bits per heavy atom. The summed E-state index contributed by atoms with van der Waals surface area (Å²) < 4.78 is 42.5. The molecule has 1 amide bonds. The smallest absolute Gasteiger partial charge is 0.251 e. The minimum Gasteiger partial charge on any atom is -0.493 e. The topological polar surface area (TPSA) is 103 Å². The third-order valence-electron chi connectivity index (χ3n) is 4.28. The quantitative estimate of drug-likeness (QED) is 0.663. The Kier molecular flexibility index (Phi) is 7.10. The van der Waals surface area contributed by atoms with Crippen LogP contribution in [0.4, 0.5) is 0 Å². The fourth-order valence-electron chi connectivity index (χ4n) is 2.97. The zero-order valence-electron chi connectivity index (χ0n) is 15.3. The summed E-state index contributed by atoms with van der Waals surface area (Å²) in [5.74, 6) is 0.509. The van der Waals surface area contributed by atoms with Crippen LogP contribution in [0.25, 0.3) is 0 Å². The van der Waals surface area contributed by atoms with Crippen LogP contribution in [0.15, 0.2) is 12.1 Å². The third kappa shape index (κ3) is 5.25. The van der Waals surface area contributed by atoms with Gasteiger partial charge in [0.2, 0.25) is 15.8 Å². The number of rotatable bonds is 9. The Hall–Kier alpha value is -2.00. The highest BCUT2D eigenvalue weighted by molar-refractivity contribution is 7.89. The van der Waals surface area contributed by atoms with Gasteiger partial charge in [0.1, 0.15) is 0 Å². The first-order chi connectivity index (χ1) is 12.4. The Balaban J connectivity index is 1.97. The van der Waals surface area contributed by atoms with Crippen LogP contribution in [-0.4, -0.2) is 54.0 Å². The van der Waals surface area contributed by atoms with E-state index < -0.39 is 15.9 Å². The van der Waals surface area contributed by atoms with Crippen LogP contribution < -0.4 is 24.2 Å². The molecule has 1 aliphatic carbocycles. The Morgan fingerprint density at radius 2 is 1.65 bits per heavy atom. The van der Waals surface area contributed by atoms with E-state index in [0.717, 1.165) is 25.7 Å². The highest BCUT2D eigenvalue weighted by Gasteiger charge is 2.22. The molecule has 1 aromatic carbocycles. The van der Waals surface area contributed by atoms with E-state index in [9.17, 15) is 13.2 Å². The van der Waals surface area contributed by atoms with Gasteiger partial charge in [-0.05, 0) is 25.0 Å². The molecule has 0 heterocycles. The number of sulfonamides is 1. The molecule has 0 saturated heterocycles. The molecule has 8 nitrogen and oxygen atoms in total. The lowest BCUT2D eigenvalue weighted by Crippen LogP contribution is -2.38. The van der Waals surface area contributed by atoms with Gasteiger partial charge in [-0.15, -0.1) is 0 Å². The number of nitrogens with one attached hydrogen (secondary N) is 2. The number of methoxy groups -OCH3 is 3. The number of amides is 1. The second-order valence-electron chi connectivity index (χ2n) is 6.09. The van der Waals surface area contributed by atoms with Crippen molar-refractivity contribution < 1.29 is 27.4 Å². The lowest BCUT2D eigenvalue weighted by Gasteiger charge is -2.15. The van der Waals surface area contributed by atoms with E-state index in [4.69, 9.17) is 14.2 Å². The van der Waals surface area contributed by atoms with Gasteiger partial charge in [-0.3, -0.25) is 4.79 Å². The molecule has 0 spiro atoms. The summed E-state index contributed by atoms with van der Waals surface area (Å²) in [5, 5.41) is 2.61. The second kappa shape index (κ2) is 9.09. The maximum absolute atomic E-state index is 12.3. The molecule has 1 aromatic rings. The average Bonchev–Trinajstić information content (AvgIpc) is 3.12.